The minimum absolute atomic E-state index is 0.205. The predicted molar refractivity (Wildman–Crippen MR) is 120 cm³/mol. The molecular formula is C21H28N2O7S2. The van der Waals surface area contributed by atoms with Crippen molar-refractivity contribution in [2.75, 3.05) is 40.5 Å². The molecule has 0 bridgehead atoms. The lowest BCUT2D eigenvalue weighted by molar-refractivity contribution is -0.0705. The number of hydrogen-bond donors (Lipinski definition) is 2. The molecule has 11 heteroatoms. The maximum atomic E-state index is 13.0. The molecule has 0 radical (unpaired) electrons. The summed E-state index contributed by atoms with van der Waals surface area (Å²) in [5, 5.41) is 3.24. The normalized spacial score (nSPS) is 19.1. The molecule has 4 rings (SSSR count). The van der Waals surface area contributed by atoms with Gasteiger partial charge in [-0.3, -0.25) is 0 Å². The Hall–Kier alpha value is -2.02. The first-order chi connectivity index (χ1) is 15.4. The van der Waals surface area contributed by atoms with Crippen LogP contribution in [-0.2, 0) is 25.8 Å². The molecule has 2 heterocycles. The van der Waals surface area contributed by atoms with Crippen LogP contribution in [0.4, 0.5) is 0 Å². The van der Waals surface area contributed by atoms with Gasteiger partial charge < -0.3 is 24.1 Å². The van der Waals surface area contributed by atoms with Crippen LogP contribution in [0, 0.1) is 0 Å². The van der Waals surface area contributed by atoms with Crippen molar-refractivity contribution < 1.29 is 31.4 Å². The van der Waals surface area contributed by atoms with E-state index >= 15 is 0 Å². The number of ether oxygens (including phenoxy) is 3. The fraction of sp³-hybridized carbons (Fsp3) is 0.429. The van der Waals surface area contributed by atoms with Gasteiger partial charge in [0, 0.05) is 19.4 Å². The minimum Gasteiger partial charge on any atom is -0.495 e. The molecule has 2 aliphatic rings. The molecule has 1 spiro atoms. The molecule has 1 unspecified atom stereocenters. The number of rotatable bonds is 5. The summed E-state index contributed by atoms with van der Waals surface area (Å²) in [6.07, 6.45) is 1.34. The Labute approximate surface area is 191 Å². The van der Waals surface area contributed by atoms with E-state index in [2.05, 4.69) is 5.32 Å². The van der Waals surface area contributed by atoms with Gasteiger partial charge in [-0.1, -0.05) is 24.3 Å². The largest absolute Gasteiger partial charge is 0.495 e. The van der Waals surface area contributed by atoms with Crippen molar-refractivity contribution in [1.82, 2.24) is 9.62 Å². The van der Waals surface area contributed by atoms with Crippen LogP contribution in [-0.4, -0.2) is 67.7 Å². The van der Waals surface area contributed by atoms with E-state index in [0.29, 0.717) is 42.4 Å². The number of sulfonamides is 1. The summed E-state index contributed by atoms with van der Waals surface area (Å²) < 4.78 is 62.8. The number of nitrogens with one attached hydrogen (secondary N) is 1. The van der Waals surface area contributed by atoms with E-state index in [9.17, 15) is 12.6 Å². The lowest BCUT2D eigenvalue weighted by Gasteiger charge is -2.39. The van der Waals surface area contributed by atoms with Crippen molar-refractivity contribution in [3.05, 3.63) is 48.5 Å². The van der Waals surface area contributed by atoms with E-state index in [1.807, 2.05) is 0 Å². The second kappa shape index (κ2) is 10.7. The molecule has 1 atom stereocenters. The maximum Gasteiger partial charge on any atom is 0.249 e. The summed E-state index contributed by atoms with van der Waals surface area (Å²) in [5.74, 6) is 0.807. The van der Waals surface area contributed by atoms with Crippen molar-refractivity contribution in [2.24, 2.45) is 0 Å². The number of benzene rings is 2. The second-order valence-electron chi connectivity index (χ2n) is 7.17. The van der Waals surface area contributed by atoms with Crippen molar-refractivity contribution >= 4 is 21.1 Å². The van der Waals surface area contributed by atoms with Crippen molar-refractivity contribution in [3.8, 4) is 11.5 Å². The summed E-state index contributed by atoms with van der Waals surface area (Å²) in [6, 6.07) is 13.3. The van der Waals surface area contributed by atoms with E-state index in [1.54, 1.807) is 48.5 Å². The molecule has 0 aromatic heterocycles. The van der Waals surface area contributed by atoms with Gasteiger partial charge in [-0.15, -0.1) is 0 Å². The van der Waals surface area contributed by atoms with E-state index in [0.717, 1.165) is 13.1 Å². The highest BCUT2D eigenvalue weighted by Crippen LogP contribution is 2.38. The van der Waals surface area contributed by atoms with E-state index in [4.69, 9.17) is 18.8 Å². The predicted octanol–water partition coefficient (Wildman–Crippen LogP) is 2.07. The summed E-state index contributed by atoms with van der Waals surface area (Å²) in [6.45, 7) is 2.35. The van der Waals surface area contributed by atoms with Crippen molar-refractivity contribution in [2.45, 2.75) is 28.4 Å². The Bertz CT molecular complexity index is 1040. The second-order valence-corrected chi connectivity index (χ2v) is 9.94. The zero-order chi connectivity index (χ0) is 23.2. The van der Waals surface area contributed by atoms with Crippen LogP contribution in [0.15, 0.2) is 58.3 Å². The van der Waals surface area contributed by atoms with Gasteiger partial charge >= 0.3 is 0 Å². The van der Waals surface area contributed by atoms with Gasteiger partial charge in [-0.25, -0.2) is 12.6 Å². The summed E-state index contributed by atoms with van der Waals surface area (Å²) in [4.78, 5) is 0.505. The van der Waals surface area contributed by atoms with Gasteiger partial charge in [-0.05, 0) is 37.4 Å². The fourth-order valence-corrected chi connectivity index (χ4v) is 6.26. The minimum atomic E-state index is -3.63. The van der Waals surface area contributed by atoms with Crippen LogP contribution >= 0.6 is 0 Å². The molecule has 0 aliphatic carbocycles. The average molecular weight is 485 g/mol. The number of piperidine rings is 1. The molecule has 0 amide bonds. The highest BCUT2D eigenvalue weighted by Gasteiger charge is 2.49. The van der Waals surface area contributed by atoms with Gasteiger partial charge in [-0.2, -0.15) is 4.31 Å². The summed E-state index contributed by atoms with van der Waals surface area (Å²) in [5.41, 5.74) is -0.703. The first-order valence-corrected chi connectivity index (χ1v) is 12.6. The lowest BCUT2D eigenvalue weighted by atomic mass is 10.0. The third-order valence-electron chi connectivity index (χ3n) is 5.40. The monoisotopic (exact) mass is 484 g/mol. The molecule has 2 N–H and O–H groups in total. The SMILES string of the molecule is COc1ccccc1S(=O)(=O)N1CCOC12CCNCC2.COc1ccccc1S(=O)O. The standard InChI is InChI=1S/C14H20N2O4S.C7H8O3S/c1-19-12-4-2-3-5-13(12)21(17,18)16-10-11-20-14(16)6-8-15-9-7-14;1-10-6-4-2-3-5-7(6)11(8)9/h2-5,15H,6-11H2,1H3;2-5H,1H3,(H,8,9). The maximum absolute atomic E-state index is 13.0. The first kappa shape index (κ1) is 24.6. The molecule has 176 valence electrons. The van der Waals surface area contributed by atoms with Crippen LogP contribution < -0.4 is 14.8 Å². The number of para-hydroxylation sites is 2. The zero-order valence-corrected chi connectivity index (χ0v) is 19.7. The van der Waals surface area contributed by atoms with Crippen molar-refractivity contribution in [1.29, 1.82) is 0 Å². The topological polar surface area (TPSA) is 114 Å². The molecule has 9 nitrogen and oxygen atoms in total. The highest BCUT2D eigenvalue weighted by atomic mass is 32.2. The molecule has 0 saturated carbocycles. The number of nitrogens with zero attached hydrogens (tertiary/aromatic N) is 1. The van der Waals surface area contributed by atoms with Crippen LogP contribution in [0.3, 0.4) is 0 Å². The Morgan fingerprint density at radius 3 is 2.22 bits per heavy atom. The van der Waals surface area contributed by atoms with Gasteiger partial charge in [0.2, 0.25) is 10.0 Å². The Morgan fingerprint density at radius 1 is 1.03 bits per heavy atom. The smallest absolute Gasteiger partial charge is 0.249 e. The van der Waals surface area contributed by atoms with Crippen LogP contribution in [0.1, 0.15) is 12.8 Å². The molecule has 2 aromatic rings. The van der Waals surface area contributed by atoms with Crippen molar-refractivity contribution in [3.63, 3.8) is 0 Å². The quantitative estimate of drug-likeness (QED) is 0.620. The lowest BCUT2D eigenvalue weighted by Crippen LogP contribution is -2.53. The third kappa shape index (κ3) is 5.13. The molecule has 2 aromatic carbocycles. The third-order valence-corrected chi connectivity index (χ3v) is 8.10. The Balaban J connectivity index is 0.000000222. The molecule has 2 saturated heterocycles. The first-order valence-electron chi connectivity index (χ1n) is 10.1. The van der Waals surface area contributed by atoms with E-state index in [1.165, 1.54) is 18.5 Å². The van der Waals surface area contributed by atoms with E-state index < -0.39 is 26.8 Å². The molecular weight excluding hydrogens is 456 g/mol. The summed E-state index contributed by atoms with van der Waals surface area (Å²) >= 11 is -1.97. The van der Waals surface area contributed by atoms with Crippen LogP contribution in [0.25, 0.3) is 0 Å². The van der Waals surface area contributed by atoms with Gasteiger partial charge in [0.05, 0.1) is 20.8 Å². The average Bonchev–Trinajstić information content (AvgIpc) is 3.23. The van der Waals surface area contributed by atoms with Gasteiger partial charge in [0.1, 0.15) is 27.0 Å². The van der Waals surface area contributed by atoms with Crippen LogP contribution in [0.2, 0.25) is 0 Å². The highest BCUT2D eigenvalue weighted by molar-refractivity contribution is 7.89. The van der Waals surface area contributed by atoms with Gasteiger partial charge in [0.25, 0.3) is 0 Å². The number of hydrogen-bond acceptors (Lipinski definition) is 7. The molecule has 32 heavy (non-hydrogen) atoms. The zero-order valence-electron chi connectivity index (χ0n) is 18.0. The Kier molecular flexibility index (Phi) is 8.26. The number of methoxy groups -OCH3 is 2. The molecule has 2 aliphatic heterocycles. The van der Waals surface area contributed by atoms with Gasteiger partial charge in [0.15, 0.2) is 11.1 Å². The summed E-state index contributed by atoms with van der Waals surface area (Å²) in [7, 11) is -0.689. The van der Waals surface area contributed by atoms with E-state index in [-0.39, 0.29) is 4.90 Å². The Morgan fingerprint density at radius 2 is 1.62 bits per heavy atom. The molecule has 2 fully saturated rings. The fourth-order valence-electron chi connectivity index (χ4n) is 3.86. The van der Waals surface area contributed by atoms with Crippen LogP contribution in [0.5, 0.6) is 11.5 Å².